The van der Waals surface area contributed by atoms with Crippen LogP contribution >= 0.6 is 0 Å². The molecular formula is C14H24N4O. The molecule has 0 bridgehead atoms. The molecule has 0 spiro atoms. The van der Waals surface area contributed by atoms with Gasteiger partial charge in [0.1, 0.15) is 18.0 Å². The maximum atomic E-state index is 5.88. The van der Waals surface area contributed by atoms with Crippen LogP contribution in [0, 0.1) is 5.92 Å². The summed E-state index contributed by atoms with van der Waals surface area (Å²) in [5.74, 6) is 2.30. The van der Waals surface area contributed by atoms with E-state index in [4.69, 9.17) is 10.5 Å². The van der Waals surface area contributed by atoms with E-state index >= 15 is 0 Å². The first-order valence-electron chi connectivity index (χ1n) is 7.22. The third-order valence-electron chi connectivity index (χ3n) is 3.29. The van der Waals surface area contributed by atoms with Gasteiger partial charge in [-0.05, 0) is 31.6 Å². The number of hydrogen-bond acceptors (Lipinski definition) is 5. The van der Waals surface area contributed by atoms with Crippen molar-refractivity contribution >= 4 is 11.6 Å². The number of hydrogen-bond donors (Lipinski definition) is 2. The van der Waals surface area contributed by atoms with Crippen molar-refractivity contribution in [3.05, 3.63) is 11.9 Å². The summed E-state index contributed by atoms with van der Waals surface area (Å²) in [6.07, 6.45) is 7.14. The van der Waals surface area contributed by atoms with Crippen LogP contribution in [-0.4, -0.2) is 29.7 Å². The van der Waals surface area contributed by atoms with Crippen LogP contribution in [0.1, 0.15) is 38.2 Å². The summed E-state index contributed by atoms with van der Waals surface area (Å²) < 4.78 is 5.60. The molecule has 19 heavy (non-hydrogen) atoms. The highest BCUT2D eigenvalue weighted by atomic mass is 16.5. The van der Waals surface area contributed by atoms with E-state index < -0.39 is 0 Å². The van der Waals surface area contributed by atoms with E-state index in [0.717, 1.165) is 56.3 Å². The van der Waals surface area contributed by atoms with Gasteiger partial charge < -0.3 is 15.8 Å². The van der Waals surface area contributed by atoms with Crippen LogP contribution < -0.4 is 11.1 Å². The van der Waals surface area contributed by atoms with E-state index in [2.05, 4.69) is 22.2 Å². The van der Waals surface area contributed by atoms with Crippen LogP contribution in [0.2, 0.25) is 0 Å². The molecule has 0 unspecified atom stereocenters. The Morgan fingerprint density at radius 2 is 2.26 bits per heavy atom. The van der Waals surface area contributed by atoms with Gasteiger partial charge in [-0.25, -0.2) is 9.97 Å². The van der Waals surface area contributed by atoms with Crippen molar-refractivity contribution in [3.8, 4) is 0 Å². The van der Waals surface area contributed by atoms with Gasteiger partial charge in [0.15, 0.2) is 0 Å². The number of ether oxygens (including phenoxy) is 1. The number of nitrogen functional groups attached to an aromatic ring is 1. The van der Waals surface area contributed by atoms with Gasteiger partial charge in [-0.3, -0.25) is 0 Å². The number of nitrogens with one attached hydrogen (secondary N) is 1. The minimum atomic E-state index is 0.587. The van der Waals surface area contributed by atoms with Gasteiger partial charge in [0.25, 0.3) is 0 Å². The first-order chi connectivity index (χ1) is 9.31. The summed E-state index contributed by atoms with van der Waals surface area (Å²) in [7, 11) is 0. The minimum absolute atomic E-state index is 0.587. The maximum Gasteiger partial charge on any atom is 0.134 e. The van der Waals surface area contributed by atoms with Crippen LogP contribution in [0.4, 0.5) is 11.6 Å². The van der Waals surface area contributed by atoms with Crippen molar-refractivity contribution < 1.29 is 4.74 Å². The summed E-state index contributed by atoms with van der Waals surface area (Å²) in [5, 5.41) is 3.33. The molecule has 1 aromatic rings. The summed E-state index contributed by atoms with van der Waals surface area (Å²) >= 11 is 0. The van der Waals surface area contributed by atoms with E-state index in [1.54, 1.807) is 0 Å². The predicted molar refractivity (Wildman–Crippen MR) is 77.1 cm³/mol. The minimum Gasteiger partial charge on any atom is -0.383 e. The normalized spacial score (nSPS) is 14.6. The van der Waals surface area contributed by atoms with Crippen LogP contribution in [0.25, 0.3) is 0 Å². The van der Waals surface area contributed by atoms with Crippen molar-refractivity contribution in [2.75, 3.05) is 30.8 Å². The Morgan fingerprint density at radius 3 is 3.00 bits per heavy atom. The monoisotopic (exact) mass is 264 g/mol. The molecule has 1 aromatic heterocycles. The molecule has 0 saturated heterocycles. The van der Waals surface area contributed by atoms with E-state index in [9.17, 15) is 0 Å². The number of rotatable bonds is 9. The van der Waals surface area contributed by atoms with E-state index in [0.29, 0.717) is 5.82 Å². The average Bonchev–Trinajstić information content (AvgIpc) is 3.21. The van der Waals surface area contributed by atoms with Gasteiger partial charge in [0, 0.05) is 25.3 Å². The summed E-state index contributed by atoms with van der Waals surface area (Å²) in [6, 6.07) is 0. The van der Waals surface area contributed by atoms with Crippen molar-refractivity contribution in [2.45, 2.75) is 39.0 Å². The molecule has 106 valence electrons. The molecule has 0 aliphatic heterocycles. The largest absolute Gasteiger partial charge is 0.383 e. The Labute approximate surface area is 115 Å². The lowest BCUT2D eigenvalue weighted by atomic mass is 10.1. The summed E-state index contributed by atoms with van der Waals surface area (Å²) in [4.78, 5) is 8.32. The SMILES string of the molecule is CCCc1c(N)ncnc1NCCCOCC1CC1. The molecule has 3 N–H and O–H groups in total. The van der Waals surface area contributed by atoms with Gasteiger partial charge in [0.05, 0.1) is 0 Å². The zero-order valence-corrected chi connectivity index (χ0v) is 11.7. The zero-order chi connectivity index (χ0) is 13.5. The fraction of sp³-hybridized carbons (Fsp3) is 0.714. The van der Waals surface area contributed by atoms with Crippen molar-refractivity contribution in [3.63, 3.8) is 0 Å². The van der Waals surface area contributed by atoms with Crippen LogP contribution in [0.15, 0.2) is 6.33 Å². The van der Waals surface area contributed by atoms with Gasteiger partial charge in [-0.15, -0.1) is 0 Å². The number of nitrogens with two attached hydrogens (primary N) is 1. The highest BCUT2D eigenvalue weighted by Crippen LogP contribution is 2.28. The lowest BCUT2D eigenvalue weighted by Crippen LogP contribution is -2.11. The first kappa shape index (κ1) is 14.1. The van der Waals surface area contributed by atoms with Gasteiger partial charge in [-0.1, -0.05) is 13.3 Å². The smallest absolute Gasteiger partial charge is 0.134 e. The van der Waals surface area contributed by atoms with E-state index in [1.165, 1.54) is 19.2 Å². The molecular weight excluding hydrogens is 240 g/mol. The highest BCUT2D eigenvalue weighted by molar-refractivity contribution is 5.54. The number of anilines is 2. The average molecular weight is 264 g/mol. The van der Waals surface area contributed by atoms with Gasteiger partial charge >= 0.3 is 0 Å². The molecule has 1 saturated carbocycles. The van der Waals surface area contributed by atoms with Gasteiger partial charge in [0.2, 0.25) is 0 Å². The van der Waals surface area contributed by atoms with Crippen LogP contribution in [0.5, 0.6) is 0 Å². The molecule has 0 atom stereocenters. The second-order valence-corrected chi connectivity index (χ2v) is 5.13. The molecule has 5 nitrogen and oxygen atoms in total. The third-order valence-corrected chi connectivity index (χ3v) is 3.29. The molecule has 2 rings (SSSR count). The van der Waals surface area contributed by atoms with Crippen molar-refractivity contribution in [2.24, 2.45) is 5.92 Å². The fourth-order valence-electron chi connectivity index (χ4n) is 1.99. The highest BCUT2D eigenvalue weighted by Gasteiger charge is 2.20. The van der Waals surface area contributed by atoms with E-state index in [-0.39, 0.29) is 0 Å². The summed E-state index contributed by atoms with van der Waals surface area (Å²) in [5.41, 5.74) is 6.92. The molecule has 1 heterocycles. The second-order valence-electron chi connectivity index (χ2n) is 5.13. The predicted octanol–water partition coefficient (Wildman–Crippen LogP) is 2.24. The Morgan fingerprint density at radius 1 is 1.42 bits per heavy atom. The molecule has 1 aliphatic carbocycles. The zero-order valence-electron chi connectivity index (χ0n) is 11.7. The van der Waals surface area contributed by atoms with Crippen LogP contribution in [0.3, 0.4) is 0 Å². The number of nitrogens with zero attached hydrogens (tertiary/aromatic N) is 2. The molecule has 1 fully saturated rings. The Bertz CT molecular complexity index is 393. The van der Waals surface area contributed by atoms with Crippen molar-refractivity contribution in [1.82, 2.24) is 9.97 Å². The second kappa shape index (κ2) is 7.28. The lowest BCUT2D eigenvalue weighted by Gasteiger charge is -2.11. The Hall–Kier alpha value is -1.36. The van der Waals surface area contributed by atoms with Crippen molar-refractivity contribution in [1.29, 1.82) is 0 Å². The Balaban J connectivity index is 1.70. The quantitative estimate of drug-likeness (QED) is 0.669. The fourth-order valence-corrected chi connectivity index (χ4v) is 1.99. The molecule has 0 aromatic carbocycles. The van der Waals surface area contributed by atoms with E-state index in [1.807, 2.05) is 0 Å². The third kappa shape index (κ3) is 4.67. The molecule has 1 aliphatic rings. The maximum absolute atomic E-state index is 5.88. The Kier molecular flexibility index (Phi) is 5.39. The lowest BCUT2D eigenvalue weighted by molar-refractivity contribution is 0.124. The first-order valence-corrected chi connectivity index (χ1v) is 7.22. The molecule has 5 heteroatoms. The molecule has 0 radical (unpaired) electrons. The molecule has 0 amide bonds. The topological polar surface area (TPSA) is 73.1 Å². The van der Waals surface area contributed by atoms with Crippen LogP contribution in [-0.2, 0) is 11.2 Å². The van der Waals surface area contributed by atoms with Gasteiger partial charge in [-0.2, -0.15) is 0 Å². The summed E-state index contributed by atoms with van der Waals surface area (Å²) in [6.45, 7) is 4.73. The number of aromatic nitrogens is 2. The standard InChI is InChI=1S/C14H24N4O/c1-2-4-12-13(15)17-10-18-14(12)16-7-3-8-19-9-11-5-6-11/h10-11H,2-9H2,1H3,(H3,15,16,17,18).